The van der Waals surface area contributed by atoms with E-state index in [4.69, 9.17) is 9.47 Å². The van der Waals surface area contributed by atoms with Crippen LogP contribution >= 0.6 is 0 Å². The zero-order valence-corrected chi connectivity index (χ0v) is 15.5. The predicted molar refractivity (Wildman–Crippen MR) is 98.5 cm³/mol. The van der Waals surface area contributed by atoms with E-state index in [9.17, 15) is 4.79 Å². The minimum Gasteiger partial charge on any atom is -0.493 e. The van der Waals surface area contributed by atoms with E-state index in [2.05, 4.69) is 9.97 Å². The number of carbonyl (C=O) groups is 1. The third-order valence-electron chi connectivity index (χ3n) is 4.65. The highest BCUT2D eigenvalue weighted by molar-refractivity contribution is 5.78. The van der Waals surface area contributed by atoms with Gasteiger partial charge in [-0.2, -0.15) is 0 Å². The van der Waals surface area contributed by atoms with Gasteiger partial charge in [0, 0.05) is 37.3 Å². The summed E-state index contributed by atoms with van der Waals surface area (Å²) in [7, 11) is 1.61. The molecule has 0 N–H and O–H groups in total. The SMILES string of the molecule is COc1ccccc1Oc1nccnc1C1CCN(C(=O)C(C)C)CC1. The molecular weight excluding hydrogens is 330 g/mol. The maximum absolute atomic E-state index is 12.2. The van der Waals surface area contributed by atoms with Crippen LogP contribution in [0.4, 0.5) is 0 Å². The van der Waals surface area contributed by atoms with Crippen LogP contribution in [0.5, 0.6) is 17.4 Å². The van der Waals surface area contributed by atoms with Gasteiger partial charge < -0.3 is 14.4 Å². The fourth-order valence-electron chi connectivity index (χ4n) is 3.24. The number of para-hydroxylation sites is 2. The van der Waals surface area contributed by atoms with Gasteiger partial charge in [0.05, 0.1) is 7.11 Å². The van der Waals surface area contributed by atoms with Crippen LogP contribution in [0.1, 0.15) is 38.3 Å². The van der Waals surface area contributed by atoms with Crippen molar-refractivity contribution in [2.45, 2.75) is 32.6 Å². The molecule has 3 rings (SSSR count). The number of aromatic nitrogens is 2. The molecule has 1 aliphatic heterocycles. The third-order valence-corrected chi connectivity index (χ3v) is 4.65. The van der Waals surface area contributed by atoms with Crippen molar-refractivity contribution in [3.8, 4) is 17.4 Å². The first kappa shape index (κ1) is 18.2. The molecule has 0 saturated carbocycles. The highest BCUT2D eigenvalue weighted by atomic mass is 16.5. The zero-order valence-electron chi connectivity index (χ0n) is 15.5. The number of ether oxygens (including phenoxy) is 2. The lowest BCUT2D eigenvalue weighted by Crippen LogP contribution is -2.40. The van der Waals surface area contributed by atoms with Gasteiger partial charge in [-0.25, -0.2) is 4.98 Å². The molecule has 2 heterocycles. The van der Waals surface area contributed by atoms with E-state index in [0.29, 0.717) is 17.4 Å². The van der Waals surface area contributed by atoms with Gasteiger partial charge in [-0.3, -0.25) is 9.78 Å². The van der Waals surface area contributed by atoms with Crippen molar-refractivity contribution in [3.63, 3.8) is 0 Å². The smallest absolute Gasteiger partial charge is 0.241 e. The number of hydrogen-bond acceptors (Lipinski definition) is 5. The number of carbonyl (C=O) groups excluding carboxylic acids is 1. The van der Waals surface area contributed by atoms with Gasteiger partial charge in [-0.05, 0) is 25.0 Å². The number of piperidine rings is 1. The van der Waals surface area contributed by atoms with Gasteiger partial charge >= 0.3 is 0 Å². The molecule has 1 saturated heterocycles. The Kier molecular flexibility index (Phi) is 5.71. The predicted octanol–water partition coefficient (Wildman–Crippen LogP) is 3.64. The second kappa shape index (κ2) is 8.17. The number of hydrogen-bond donors (Lipinski definition) is 0. The zero-order chi connectivity index (χ0) is 18.5. The molecule has 138 valence electrons. The van der Waals surface area contributed by atoms with Crippen molar-refractivity contribution in [3.05, 3.63) is 42.4 Å². The number of nitrogens with zero attached hydrogens (tertiary/aromatic N) is 3. The van der Waals surface area contributed by atoms with Crippen molar-refractivity contribution < 1.29 is 14.3 Å². The number of benzene rings is 1. The third kappa shape index (κ3) is 3.95. The molecule has 0 spiro atoms. The molecular formula is C20H25N3O3. The average Bonchev–Trinajstić information content (AvgIpc) is 2.68. The molecule has 6 nitrogen and oxygen atoms in total. The van der Waals surface area contributed by atoms with E-state index >= 15 is 0 Å². The summed E-state index contributed by atoms with van der Waals surface area (Å²) in [4.78, 5) is 23.0. The molecule has 0 atom stereocenters. The van der Waals surface area contributed by atoms with Crippen molar-refractivity contribution >= 4 is 5.91 Å². The molecule has 1 aromatic carbocycles. The highest BCUT2D eigenvalue weighted by Crippen LogP contribution is 2.36. The first-order valence-corrected chi connectivity index (χ1v) is 9.00. The molecule has 26 heavy (non-hydrogen) atoms. The molecule has 0 bridgehead atoms. The maximum Gasteiger partial charge on any atom is 0.241 e. The number of methoxy groups -OCH3 is 1. The molecule has 2 aromatic rings. The Hall–Kier alpha value is -2.63. The van der Waals surface area contributed by atoms with E-state index in [0.717, 1.165) is 31.6 Å². The Bertz CT molecular complexity index is 755. The van der Waals surface area contributed by atoms with Crippen LogP contribution in [0.3, 0.4) is 0 Å². The second-order valence-corrected chi connectivity index (χ2v) is 6.75. The summed E-state index contributed by atoms with van der Waals surface area (Å²) >= 11 is 0. The highest BCUT2D eigenvalue weighted by Gasteiger charge is 2.28. The Morgan fingerprint density at radius 1 is 1.12 bits per heavy atom. The van der Waals surface area contributed by atoms with Crippen LogP contribution in [-0.2, 0) is 4.79 Å². The van der Waals surface area contributed by atoms with Crippen LogP contribution in [0.2, 0.25) is 0 Å². The summed E-state index contributed by atoms with van der Waals surface area (Å²) < 4.78 is 11.4. The average molecular weight is 355 g/mol. The van der Waals surface area contributed by atoms with E-state index < -0.39 is 0 Å². The molecule has 0 unspecified atom stereocenters. The van der Waals surface area contributed by atoms with Crippen LogP contribution in [-0.4, -0.2) is 41.0 Å². The van der Waals surface area contributed by atoms with Crippen molar-refractivity contribution in [2.24, 2.45) is 5.92 Å². The lowest BCUT2D eigenvalue weighted by atomic mass is 9.92. The lowest BCUT2D eigenvalue weighted by molar-refractivity contribution is -0.135. The summed E-state index contributed by atoms with van der Waals surface area (Å²) in [6.07, 6.45) is 5.04. The number of amides is 1. The van der Waals surface area contributed by atoms with Crippen molar-refractivity contribution in [2.75, 3.05) is 20.2 Å². The standard InChI is InChI=1S/C20H25N3O3/c1-14(2)20(24)23-12-8-15(9-13-23)18-19(22-11-10-21-18)26-17-7-5-4-6-16(17)25-3/h4-7,10-11,14-15H,8-9,12-13H2,1-3H3. The Labute approximate surface area is 154 Å². The monoisotopic (exact) mass is 355 g/mol. The van der Waals surface area contributed by atoms with Crippen molar-refractivity contribution in [1.29, 1.82) is 0 Å². The van der Waals surface area contributed by atoms with E-state index in [-0.39, 0.29) is 17.7 Å². The number of likely N-dealkylation sites (tertiary alicyclic amines) is 1. The molecule has 0 radical (unpaired) electrons. The Morgan fingerprint density at radius 2 is 1.77 bits per heavy atom. The fraction of sp³-hybridized carbons (Fsp3) is 0.450. The number of rotatable bonds is 5. The summed E-state index contributed by atoms with van der Waals surface area (Å²) in [6.45, 7) is 5.37. The van der Waals surface area contributed by atoms with E-state index in [1.54, 1.807) is 19.5 Å². The van der Waals surface area contributed by atoms with Crippen LogP contribution in [0, 0.1) is 5.92 Å². The first-order valence-electron chi connectivity index (χ1n) is 9.00. The maximum atomic E-state index is 12.2. The summed E-state index contributed by atoms with van der Waals surface area (Å²) in [5, 5.41) is 0. The lowest BCUT2D eigenvalue weighted by Gasteiger charge is -2.33. The van der Waals surface area contributed by atoms with E-state index in [1.807, 2.05) is 43.0 Å². The topological polar surface area (TPSA) is 64.6 Å². The summed E-state index contributed by atoms with van der Waals surface area (Å²) in [5.41, 5.74) is 0.843. The summed E-state index contributed by atoms with van der Waals surface area (Å²) in [5.74, 6) is 2.25. The van der Waals surface area contributed by atoms with Gasteiger partial charge in [0.25, 0.3) is 0 Å². The van der Waals surface area contributed by atoms with Gasteiger partial charge in [0.1, 0.15) is 5.69 Å². The van der Waals surface area contributed by atoms with Gasteiger partial charge in [0.15, 0.2) is 11.5 Å². The van der Waals surface area contributed by atoms with Crippen LogP contribution in [0.15, 0.2) is 36.7 Å². The second-order valence-electron chi connectivity index (χ2n) is 6.75. The van der Waals surface area contributed by atoms with E-state index in [1.165, 1.54) is 0 Å². The van der Waals surface area contributed by atoms with Gasteiger partial charge in [-0.15, -0.1) is 0 Å². The molecule has 1 amide bonds. The quantitative estimate of drug-likeness (QED) is 0.819. The minimum atomic E-state index is 0.0347. The normalized spacial score (nSPS) is 15.2. The summed E-state index contributed by atoms with van der Waals surface area (Å²) in [6, 6.07) is 7.48. The largest absolute Gasteiger partial charge is 0.493 e. The Balaban J connectivity index is 1.75. The molecule has 1 aliphatic rings. The molecule has 1 fully saturated rings. The van der Waals surface area contributed by atoms with Crippen molar-refractivity contribution in [1.82, 2.24) is 14.9 Å². The minimum absolute atomic E-state index is 0.0347. The van der Waals surface area contributed by atoms with Crippen LogP contribution in [0.25, 0.3) is 0 Å². The van der Waals surface area contributed by atoms with Gasteiger partial charge in [-0.1, -0.05) is 26.0 Å². The van der Waals surface area contributed by atoms with Crippen LogP contribution < -0.4 is 9.47 Å². The Morgan fingerprint density at radius 3 is 2.42 bits per heavy atom. The molecule has 6 heteroatoms. The van der Waals surface area contributed by atoms with Gasteiger partial charge in [0.2, 0.25) is 11.8 Å². The first-order chi connectivity index (χ1) is 12.6. The fourth-order valence-corrected chi connectivity index (χ4v) is 3.24. The molecule has 1 aromatic heterocycles. The molecule has 0 aliphatic carbocycles.